The quantitative estimate of drug-likeness (QED) is 0.582. The number of carboxylic acid groups (broad SMARTS) is 1. The number of amides is 2. The molecular weight excluding hydrogens is 355 g/mol. The van der Waals surface area contributed by atoms with Gasteiger partial charge in [0.25, 0.3) is 0 Å². The van der Waals surface area contributed by atoms with Crippen molar-refractivity contribution in [1.29, 1.82) is 0 Å². The van der Waals surface area contributed by atoms with Crippen LogP contribution in [0.1, 0.15) is 56.4 Å². The fraction of sp³-hybridized carbons (Fsp3) is 0.526. The number of hydrogen-bond donors (Lipinski definition) is 4. The largest absolute Gasteiger partial charge is 0.481 e. The summed E-state index contributed by atoms with van der Waals surface area (Å²) < 4.78 is 14.6. The van der Waals surface area contributed by atoms with Crippen LogP contribution < -0.4 is 10.6 Å². The number of aliphatic carboxylic acids is 1. The Morgan fingerprint density at radius 2 is 1.96 bits per heavy atom. The van der Waals surface area contributed by atoms with E-state index in [1.807, 2.05) is 0 Å². The second kappa shape index (κ2) is 7.64. The Labute approximate surface area is 156 Å². The van der Waals surface area contributed by atoms with E-state index in [1.165, 1.54) is 6.07 Å². The maximum atomic E-state index is 14.6. The first-order valence-corrected chi connectivity index (χ1v) is 9.10. The average Bonchev–Trinajstić information content (AvgIpc) is 2.58. The SMILES string of the molecule is O=C(O)CC1(O)CCC(c2ccc(NC3CCC(=O)NC3=O)cc2F)CC1. The van der Waals surface area contributed by atoms with Crippen LogP contribution >= 0.6 is 0 Å². The maximum absolute atomic E-state index is 14.6. The van der Waals surface area contributed by atoms with Crippen molar-refractivity contribution in [1.82, 2.24) is 5.32 Å². The lowest BCUT2D eigenvalue weighted by Crippen LogP contribution is -2.47. The van der Waals surface area contributed by atoms with E-state index < -0.39 is 29.3 Å². The van der Waals surface area contributed by atoms with E-state index in [4.69, 9.17) is 5.11 Å². The highest BCUT2D eigenvalue weighted by Gasteiger charge is 2.36. The second-order valence-electron chi connectivity index (χ2n) is 7.45. The number of carboxylic acids is 1. The monoisotopic (exact) mass is 378 g/mol. The predicted octanol–water partition coefficient (Wildman–Crippen LogP) is 1.91. The fourth-order valence-electron chi connectivity index (χ4n) is 3.90. The van der Waals surface area contributed by atoms with Gasteiger partial charge in [-0.2, -0.15) is 0 Å². The standard InChI is InChI=1S/C19H23FN2O5/c20-14-9-12(21-15-3-4-16(23)22-18(15)26)1-2-13(14)11-5-7-19(27,8-6-11)10-17(24)25/h1-2,9,11,15,21,27H,3-8,10H2,(H,24,25)(H,22,23,26). The summed E-state index contributed by atoms with van der Waals surface area (Å²) in [4.78, 5) is 33.8. The number of hydrogen-bond acceptors (Lipinski definition) is 5. The molecule has 1 aromatic carbocycles. The molecule has 1 heterocycles. The van der Waals surface area contributed by atoms with Gasteiger partial charge in [0.2, 0.25) is 11.8 Å². The number of carbonyl (C=O) groups excluding carboxylic acids is 2. The predicted molar refractivity (Wildman–Crippen MR) is 94.6 cm³/mol. The zero-order chi connectivity index (χ0) is 19.6. The Balaban J connectivity index is 1.63. The minimum absolute atomic E-state index is 0.0799. The third-order valence-corrected chi connectivity index (χ3v) is 5.42. The van der Waals surface area contributed by atoms with Gasteiger partial charge in [-0.1, -0.05) is 6.07 Å². The number of piperidine rings is 1. The smallest absolute Gasteiger partial charge is 0.306 e. The normalized spacial score (nSPS) is 28.5. The molecule has 0 aromatic heterocycles. The lowest BCUT2D eigenvalue weighted by atomic mass is 9.74. The highest BCUT2D eigenvalue weighted by molar-refractivity contribution is 6.01. The molecule has 1 atom stereocenters. The first-order valence-electron chi connectivity index (χ1n) is 9.10. The minimum atomic E-state index is -1.22. The molecule has 1 aromatic rings. The molecule has 1 saturated carbocycles. The van der Waals surface area contributed by atoms with E-state index in [2.05, 4.69) is 10.6 Å². The molecule has 2 fully saturated rings. The minimum Gasteiger partial charge on any atom is -0.481 e. The molecule has 0 radical (unpaired) electrons. The first kappa shape index (κ1) is 19.3. The van der Waals surface area contributed by atoms with Gasteiger partial charge in [0.15, 0.2) is 0 Å². The maximum Gasteiger partial charge on any atom is 0.306 e. The molecular formula is C19H23FN2O5. The Kier molecular flexibility index (Phi) is 5.46. The number of nitrogens with one attached hydrogen (secondary N) is 2. The summed E-state index contributed by atoms with van der Waals surface area (Å²) in [7, 11) is 0. The van der Waals surface area contributed by atoms with Crippen LogP contribution in [0.2, 0.25) is 0 Å². The van der Waals surface area contributed by atoms with E-state index >= 15 is 0 Å². The average molecular weight is 378 g/mol. The second-order valence-corrected chi connectivity index (χ2v) is 7.45. The van der Waals surface area contributed by atoms with E-state index in [0.717, 1.165) is 0 Å². The number of rotatable bonds is 5. The van der Waals surface area contributed by atoms with Crippen LogP contribution in [0.5, 0.6) is 0 Å². The van der Waals surface area contributed by atoms with Gasteiger partial charge in [-0.05, 0) is 55.7 Å². The molecule has 1 saturated heterocycles. The zero-order valence-corrected chi connectivity index (χ0v) is 14.8. The molecule has 2 aliphatic rings. The molecule has 4 N–H and O–H groups in total. The lowest BCUT2D eigenvalue weighted by molar-refractivity contribution is -0.144. The Hall–Kier alpha value is -2.48. The van der Waals surface area contributed by atoms with Crippen molar-refractivity contribution in [3.8, 4) is 0 Å². The van der Waals surface area contributed by atoms with Gasteiger partial charge >= 0.3 is 5.97 Å². The van der Waals surface area contributed by atoms with Gasteiger partial charge in [-0.3, -0.25) is 19.7 Å². The topological polar surface area (TPSA) is 116 Å². The molecule has 1 aliphatic heterocycles. The number of halogens is 1. The van der Waals surface area contributed by atoms with Crippen LogP contribution in [0, 0.1) is 5.82 Å². The number of aliphatic hydroxyl groups is 1. The third kappa shape index (κ3) is 4.63. The zero-order valence-electron chi connectivity index (χ0n) is 14.8. The van der Waals surface area contributed by atoms with E-state index in [0.29, 0.717) is 43.4 Å². The van der Waals surface area contributed by atoms with Crippen LogP contribution in [-0.2, 0) is 14.4 Å². The number of carbonyl (C=O) groups is 3. The van der Waals surface area contributed by atoms with Crippen LogP contribution in [0.3, 0.4) is 0 Å². The third-order valence-electron chi connectivity index (χ3n) is 5.42. The van der Waals surface area contributed by atoms with Crippen molar-refractivity contribution in [2.45, 2.75) is 62.5 Å². The molecule has 1 unspecified atom stereocenters. The van der Waals surface area contributed by atoms with Gasteiger partial charge in [0, 0.05) is 12.1 Å². The van der Waals surface area contributed by atoms with Gasteiger partial charge in [-0.25, -0.2) is 4.39 Å². The molecule has 7 nitrogen and oxygen atoms in total. The summed E-state index contributed by atoms with van der Waals surface area (Å²) in [6.07, 6.45) is 1.97. The molecule has 2 amide bonds. The highest BCUT2D eigenvalue weighted by Crippen LogP contribution is 2.40. The summed E-state index contributed by atoms with van der Waals surface area (Å²) in [5, 5.41) is 24.4. The Bertz CT molecular complexity index is 758. The summed E-state index contributed by atoms with van der Waals surface area (Å²) >= 11 is 0. The lowest BCUT2D eigenvalue weighted by Gasteiger charge is -2.35. The molecule has 3 rings (SSSR count). The van der Waals surface area contributed by atoms with Crippen molar-refractivity contribution in [2.24, 2.45) is 0 Å². The van der Waals surface area contributed by atoms with E-state index in [1.54, 1.807) is 12.1 Å². The first-order chi connectivity index (χ1) is 12.8. The number of anilines is 1. The molecule has 0 bridgehead atoms. The summed E-state index contributed by atoms with van der Waals surface area (Å²) in [6, 6.07) is 4.11. The van der Waals surface area contributed by atoms with E-state index in [9.17, 15) is 23.9 Å². The number of imide groups is 1. The van der Waals surface area contributed by atoms with Crippen molar-refractivity contribution >= 4 is 23.5 Å². The van der Waals surface area contributed by atoms with E-state index in [-0.39, 0.29) is 24.7 Å². The highest BCUT2D eigenvalue weighted by atomic mass is 19.1. The molecule has 1 aliphatic carbocycles. The van der Waals surface area contributed by atoms with Crippen molar-refractivity contribution in [3.63, 3.8) is 0 Å². The molecule has 0 spiro atoms. The van der Waals surface area contributed by atoms with Crippen LogP contribution in [0.25, 0.3) is 0 Å². The van der Waals surface area contributed by atoms with Gasteiger partial charge in [0.05, 0.1) is 12.0 Å². The summed E-state index contributed by atoms with van der Waals surface area (Å²) in [5.41, 5.74) is -0.225. The Morgan fingerprint density at radius 1 is 1.26 bits per heavy atom. The molecule has 8 heteroatoms. The molecule has 146 valence electrons. The van der Waals surface area contributed by atoms with Crippen LogP contribution in [0.4, 0.5) is 10.1 Å². The van der Waals surface area contributed by atoms with Crippen LogP contribution in [0.15, 0.2) is 18.2 Å². The summed E-state index contributed by atoms with van der Waals surface area (Å²) in [5.74, 6) is -2.24. The van der Waals surface area contributed by atoms with Crippen LogP contribution in [-0.4, -0.2) is 39.6 Å². The van der Waals surface area contributed by atoms with Crippen molar-refractivity contribution in [3.05, 3.63) is 29.6 Å². The van der Waals surface area contributed by atoms with Gasteiger partial charge in [-0.15, -0.1) is 0 Å². The molecule has 27 heavy (non-hydrogen) atoms. The Morgan fingerprint density at radius 3 is 2.56 bits per heavy atom. The number of benzene rings is 1. The van der Waals surface area contributed by atoms with Crippen molar-refractivity contribution in [2.75, 3.05) is 5.32 Å². The van der Waals surface area contributed by atoms with Crippen molar-refractivity contribution < 1.29 is 29.0 Å². The summed E-state index contributed by atoms with van der Waals surface area (Å²) in [6.45, 7) is 0. The van der Waals surface area contributed by atoms with Gasteiger partial charge in [0.1, 0.15) is 11.9 Å². The van der Waals surface area contributed by atoms with Gasteiger partial charge < -0.3 is 15.5 Å². The fourth-order valence-corrected chi connectivity index (χ4v) is 3.90.